The van der Waals surface area contributed by atoms with E-state index in [-0.39, 0.29) is 0 Å². The minimum Gasteiger partial charge on any atom is -0.486 e. The highest BCUT2D eigenvalue weighted by Crippen LogP contribution is 2.18. The lowest BCUT2D eigenvalue weighted by Gasteiger charge is -2.05. The molecule has 4 nitrogen and oxygen atoms in total. The van der Waals surface area contributed by atoms with Crippen molar-refractivity contribution >= 4 is 0 Å². The van der Waals surface area contributed by atoms with Gasteiger partial charge in [-0.15, -0.1) is 0 Å². The second kappa shape index (κ2) is 7.12. The number of aryl methyl sites for hydroxylation is 1. The van der Waals surface area contributed by atoms with Crippen molar-refractivity contribution in [3.05, 3.63) is 53.0 Å². The first-order valence-corrected chi connectivity index (χ1v) is 6.72. The van der Waals surface area contributed by atoms with Crippen molar-refractivity contribution in [1.82, 2.24) is 0 Å². The van der Waals surface area contributed by atoms with Crippen LogP contribution in [-0.2, 0) is 24.3 Å². The van der Waals surface area contributed by atoms with Crippen LogP contribution in [0.15, 0.2) is 34.7 Å². The summed E-state index contributed by atoms with van der Waals surface area (Å²) in [7, 11) is 1.71. The van der Waals surface area contributed by atoms with Gasteiger partial charge in [0, 0.05) is 7.11 Å². The van der Waals surface area contributed by atoms with Gasteiger partial charge >= 0.3 is 0 Å². The summed E-state index contributed by atoms with van der Waals surface area (Å²) in [5.74, 6) is 2.44. The van der Waals surface area contributed by atoms with Gasteiger partial charge in [-0.05, 0) is 42.7 Å². The van der Waals surface area contributed by atoms with Crippen molar-refractivity contribution in [3.63, 3.8) is 0 Å². The lowest BCUT2D eigenvalue weighted by atomic mass is 10.1. The highest BCUT2D eigenvalue weighted by molar-refractivity contribution is 5.28. The molecular formula is C16H21NO3. The molecule has 0 unspecified atom stereocenters. The zero-order valence-corrected chi connectivity index (χ0v) is 12.0. The monoisotopic (exact) mass is 275 g/mol. The van der Waals surface area contributed by atoms with E-state index in [2.05, 4.69) is 0 Å². The van der Waals surface area contributed by atoms with Gasteiger partial charge in [-0.1, -0.05) is 12.1 Å². The molecule has 2 N–H and O–H groups in total. The Bertz CT molecular complexity index is 531. The molecule has 20 heavy (non-hydrogen) atoms. The summed E-state index contributed by atoms with van der Waals surface area (Å²) in [6, 6.07) is 9.99. The number of rotatable bonds is 7. The van der Waals surface area contributed by atoms with Crippen LogP contribution in [0.5, 0.6) is 5.75 Å². The van der Waals surface area contributed by atoms with Gasteiger partial charge in [-0.3, -0.25) is 0 Å². The van der Waals surface area contributed by atoms with Crippen LogP contribution in [-0.4, -0.2) is 13.7 Å². The van der Waals surface area contributed by atoms with Gasteiger partial charge < -0.3 is 19.6 Å². The molecule has 1 aromatic heterocycles. The van der Waals surface area contributed by atoms with Crippen LogP contribution in [0.2, 0.25) is 0 Å². The zero-order chi connectivity index (χ0) is 14.4. The van der Waals surface area contributed by atoms with E-state index in [1.165, 1.54) is 5.56 Å². The third-order valence-electron chi connectivity index (χ3n) is 3.16. The van der Waals surface area contributed by atoms with E-state index >= 15 is 0 Å². The van der Waals surface area contributed by atoms with E-state index in [0.29, 0.717) is 13.2 Å². The number of methoxy groups -OCH3 is 1. The molecule has 0 saturated carbocycles. The molecule has 0 aliphatic carbocycles. The Morgan fingerprint density at radius 3 is 2.55 bits per heavy atom. The fraction of sp³-hybridized carbons (Fsp3) is 0.375. The van der Waals surface area contributed by atoms with Crippen molar-refractivity contribution in [3.8, 4) is 5.75 Å². The maximum absolute atomic E-state index is 5.70. The van der Waals surface area contributed by atoms with Crippen LogP contribution in [0.3, 0.4) is 0 Å². The number of hydrogen-bond acceptors (Lipinski definition) is 4. The zero-order valence-electron chi connectivity index (χ0n) is 12.0. The van der Waals surface area contributed by atoms with Gasteiger partial charge in [0.1, 0.15) is 23.9 Å². The van der Waals surface area contributed by atoms with Crippen LogP contribution < -0.4 is 10.5 Å². The lowest BCUT2D eigenvalue weighted by molar-refractivity contribution is 0.202. The largest absolute Gasteiger partial charge is 0.486 e. The van der Waals surface area contributed by atoms with Gasteiger partial charge in [0.05, 0.1) is 13.2 Å². The molecular weight excluding hydrogens is 254 g/mol. The van der Waals surface area contributed by atoms with Gasteiger partial charge in [0.2, 0.25) is 0 Å². The van der Waals surface area contributed by atoms with Gasteiger partial charge in [0.25, 0.3) is 0 Å². The van der Waals surface area contributed by atoms with E-state index < -0.39 is 0 Å². The fourth-order valence-electron chi connectivity index (χ4n) is 1.99. The molecule has 0 aliphatic heterocycles. The predicted octanol–water partition coefficient (Wildman–Crippen LogP) is 2.81. The van der Waals surface area contributed by atoms with Crippen LogP contribution in [0.25, 0.3) is 0 Å². The molecule has 0 atom stereocenters. The van der Waals surface area contributed by atoms with Crippen LogP contribution in [0.1, 0.15) is 22.6 Å². The second-order valence-electron chi connectivity index (χ2n) is 4.70. The lowest BCUT2D eigenvalue weighted by Crippen LogP contribution is -1.97. The van der Waals surface area contributed by atoms with Crippen LogP contribution in [0.4, 0.5) is 0 Å². The molecule has 0 fully saturated rings. The molecule has 1 aromatic carbocycles. The van der Waals surface area contributed by atoms with E-state index in [4.69, 9.17) is 19.6 Å². The Labute approximate surface area is 119 Å². The summed E-state index contributed by atoms with van der Waals surface area (Å²) in [6.07, 6.45) is 0.911. The number of ether oxygens (including phenoxy) is 2. The topological polar surface area (TPSA) is 57.6 Å². The van der Waals surface area contributed by atoms with Crippen molar-refractivity contribution in [1.29, 1.82) is 0 Å². The first-order chi connectivity index (χ1) is 9.72. The highest BCUT2D eigenvalue weighted by atomic mass is 16.5. The molecule has 0 saturated heterocycles. The Balaban J connectivity index is 1.89. The Morgan fingerprint density at radius 2 is 1.95 bits per heavy atom. The first kappa shape index (κ1) is 14.6. The third-order valence-corrected chi connectivity index (χ3v) is 3.16. The number of benzene rings is 1. The third kappa shape index (κ3) is 3.85. The number of furan rings is 1. The number of nitrogens with two attached hydrogens (primary N) is 1. The average Bonchev–Trinajstić information content (AvgIpc) is 2.84. The van der Waals surface area contributed by atoms with Crippen LogP contribution in [0, 0.1) is 6.92 Å². The molecule has 108 valence electrons. The van der Waals surface area contributed by atoms with Crippen molar-refractivity contribution in [2.24, 2.45) is 5.73 Å². The van der Waals surface area contributed by atoms with E-state index in [1.807, 2.05) is 37.3 Å². The predicted molar refractivity (Wildman–Crippen MR) is 77.7 cm³/mol. The Morgan fingerprint density at radius 1 is 1.20 bits per heavy atom. The highest BCUT2D eigenvalue weighted by Gasteiger charge is 2.06. The maximum atomic E-state index is 5.70. The van der Waals surface area contributed by atoms with E-state index in [0.717, 1.165) is 35.9 Å². The molecule has 1 heterocycles. The standard InChI is InChI=1S/C16H21NO3/c1-12-9-15(20-16(12)10-17)11-19-14-5-3-13(4-6-14)7-8-18-2/h3-6,9H,7-8,10-11,17H2,1-2H3. The average molecular weight is 275 g/mol. The molecule has 0 radical (unpaired) electrons. The van der Waals surface area contributed by atoms with Gasteiger partial charge in [0.15, 0.2) is 0 Å². The summed E-state index contributed by atoms with van der Waals surface area (Å²) in [4.78, 5) is 0. The van der Waals surface area contributed by atoms with Crippen molar-refractivity contribution in [2.45, 2.75) is 26.5 Å². The molecule has 4 heteroatoms. The summed E-state index contributed by atoms with van der Waals surface area (Å²) < 4.78 is 16.3. The summed E-state index contributed by atoms with van der Waals surface area (Å²) in [5.41, 5.74) is 7.89. The molecule has 0 amide bonds. The molecule has 0 spiro atoms. The minimum absolute atomic E-state index is 0.415. The second-order valence-corrected chi connectivity index (χ2v) is 4.70. The van der Waals surface area contributed by atoms with Crippen LogP contribution >= 0.6 is 0 Å². The molecule has 0 aliphatic rings. The van der Waals surface area contributed by atoms with E-state index in [9.17, 15) is 0 Å². The fourth-order valence-corrected chi connectivity index (χ4v) is 1.99. The van der Waals surface area contributed by atoms with E-state index in [1.54, 1.807) is 7.11 Å². The summed E-state index contributed by atoms with van der Waals surface area (Å²) in [6.45, 7) is 3.55. The maximum Gasteiger partial charge on any atom is 0.146 e. The minimum atomic E-state index is 0.415. The Hall–Kier alpha value is -1.78. The molecule has 2 aromatic rings. The number of hydrogen-bond donors (Lipinski definition) is 1. The van der Waals surface area contributed by atoms with Gasteiger partial charge in [-0.2, -0.15) is 0 Å². The van der Waals surface area contributed by atoms with Crippen molar-refractivity contribution in [2.75, 3.05) is 13.7 Å². The Kier molecular flexibility index (Phi) is 5.21. The molecule has 0 bridgehead atoms. The molecule has 2 rings (SSSR count). The first-order valence-electron chi connectivity index (χ1n) is 6.72. The van der Waals surface area contributed by atoms with Crippen molar-refractivity contribution < 1.29 is 13.9 Å². The van der Waals surface area contributed by atoms with Gasteiger partial charge in [-0.25, -0.2) is 0 Å². The smallest absolute Gasteiger partial charge is 0.146 e. The summed E-state index contributed by atoms with van der Waals surface area (Å²) >= 11 is 0. The quantitative estimate of drug-likeness (QED) is 0.844. The summed E-state index contributed by atoms with van der Waals surface area (Å²) in [5, 5.41) is 0. The SMILES string of the molecule is COCCc1ccc(OCc2cc(C)c(CN)o2)cc1. The normalized spacial score (nSPS) is 10.8.